The largest absolute Gasteiger partial charge is 0.462 e. The van der Waals surface area contributed by atoms with Gasteiger partial charge in [0, 0.05) is 5.70 Å². The second-order valence-corrected chi connectivity index (χ2v) is 6.16. The maximum Gasteiger partial charge on any atom is 0.338 e. The van der Waals surface area contributed by atoms with Crippen LogP contribution in [0.4, 0.5) is 4.79 Å². The Morgan fingerprint density at radius 3 is 2.48 bits per heavy atom. The molecule has 0 unspecified atom stereocenters. The molecule has 1 heterocycles. The fraction of sp³-hybridized carbons (Fsp3) is 0.444. The Morgan fingerprint density at radius 1 is 1.26 bits per heavy atom. The molecule has 1 aromatic rings. The third-order valence-electron chi connectivity index (χ3n) is 3.76. The van der Waals surface area contributed by atoms with Crippen molar-refractivity contribution in [2.45, 2.75) is 40.2 Å². The Labute approximate surface area is 137 Å². The lowest BCUT2D eigenvalue weighted by molar-refractivity contribution is -0.140. The lowest BCUT2D eigenvalue weighted by atomic mass is 9.94. The standard InChI is InChI=1S/C18H24N2O3/c1-5-13-6-8-14(9-7-13)16-15(12(4)19-18(22)20-16)17(21)23-10-11(2)3/h6-9,11,16H,5,10H2,1-4H3,(H2,19,20,22)/t16-/m0/s1. The molecule has 5 heteroatoms. The summed E-state index contributed by atoms with van der Waals surface area (Å²) in [6.45, 7) is 8.12. The summed E-state index contributed by atoms with van der Waals surface area (Å²) < 4.78 is 5.36. The second-order valence-electron chi connectivity index (χ2n) is 6.16. The second kappa shape index (κ2) is 7.31. The zero-order valence-electron chi connectivity index (χ0n) is 14.1. The van der Waals surface area contributed by atoms with Gasteiger partial charge in [-0.05, 0) is 30.4 Å². The average Bonchev–Trinajstić information content (AvgIpc) is 2.52. The van der Waals surface area contributed by atoms with Crippen LogP contribution >= 0.6 is 0 Å². The van der Waals surface area contributed by atoms with Crippen LogP contribution in [0.25, 0.3) is 0 Å². The molecule has 1 aliphatic heterocycles. The lowest BCUT2D eigenvalue weighted by Crippen LogP contribution is -2.45. The molecule has 2 N–H and O–H groups in total. The highest BCUT2D eigenvalue weighted by Gasteiger charge is 2.32. The quantitative estimate of drug-likeness (QED) is 0.820. The maximum absolute atomic E-state index is 12.5. The molecule has 1 aliphatic rings. The minimum Gasteiger partial charge on any atom is -0.462 e. The SMILES string of the molecule is CCc1ccc([C@@H]2NC(=O)NC(C)=C2C(=O)OCC(C)C)cc1. The number of urea groups is 1. The van der Waals surface area contributed by atoms with Crippen LogP contribution in [-0.2, 0) is 16.0 Å². The molecule has 0 fully saturated rings. The number of carbonyl (C=O) groups is 2. The highest BCUT2D eigenvalue weighted by atomic mass is 16.5. The number of ether oxygens (including phenoxy) is 1. The summed E-state index contributed by atoms with van der Waals surface area (Å²) in [5.41, 5.74) is 3.06. The maximum atomic E-state index is 12.5. The summed E-state index contributed by atoms with van der Waals surface area (Å²) in [7, 11) is 0. The van der Waals surface area contributed by atoms with Crippen molar-refractivity contribution < 1.29 is 14.3 Å². The van der Waals surface area contributed by atoms with Crippen LogP contribution in [0, 0.1) is 5.92 Å². The van der Waals surface area contributed by atoms with Crippen molar-refractivity contribution in [1.29, 1.82) is 0 Å². The number of hydrogen-bond donors (Lipinski definition) is 2. The molecule has 0 bridgehead atoms. The first kappa shape index (κ1) is 17.1. The number of hydrogen-bond acceptors (Lipinski definition) is 3. The first-order valence-corrected chi connectivity index (χ1v) is 7.96. The first-order chi connectivity index (χ1) is 10.9. The molecule has 2 rings (SSSR count). The minimum atomic E-state index is -0.491. The molecule has 1 atom stereocenters. The smallest absolute Gasteiger partial charge is 0.338 e. The zero-order valence-corrected chi connectivity index (χ0v) is 14.1. The van der Waals surface area contributed by atoms with Crippen molar-refractivity contribution in [1.82, 2.24) is 10.6 Å². The van der Waals surface area contributed by atoms with E-state index in [1.165, 1.54) is 5.56 Å². The summed E-state index contributed by atoms with van der Waals surface area (Å²) in [4.78, 5) is 24.3. The number of carbonyl (C=O) groups excluding carboxylic acids is 2. The Bertz CT molecular complexity index is 618. The fourth-order valence-corrected chi connectivity index (χ4v) is 2.48. The number of amides is 2. The molecule has 2 amide bonds. The Morgan fingerprint density at radius 2 is 1.91 bits per heavy atom. The van der Waals surface area contributed by atoms with Gasteiger partial charge in [-0.3, -0.25) is 0 Å². The van der Waals surface area contributed by atoms with Gasteiger partial charge >= 0.3 is 12.0 Å². The van der Waals surface area contributed by atoms with Crippen LogP contribution in [0.5, 0.6) is 0 Å². The van der Waals surface area contributed by atoms with E-state index in [2.05, 4.69) is 17.6 Å². The number of aryl methyl sites for hydroxylation is 1. The van der Waals surface area contributed by atoms with Gasteiger partial charge in [-0.15, -0.1) is 0 Å². The highest BCUT2D eigenvalue weighted by molar-refractivity contribution is 5.95. The molecule has 124 valence electrons. The van der Waals surface area contributed by atoms with Crippen molar-refractivity contribution in [3.8, 4) is 0 Å². The number of esters is 1. The molecule has 23 heavy (non-hydrogen) atoms. The van der Waals surface area contributed by atoms with E-state index in [-0.39, 0.29) is 11.9 Å². The third kappa shape index (κ3) is 4.12. The van der Waals surface area contributed by atoms with Gasteiger partial charge in [0.25, 0.3) is 0 Å². The van der Waals surface area contributed by atoms with E-state index < -0.39 is 12.0 Å². The topological polar surface area (TPSA) is 67.4 Å². The predicted octanol–water partition coefficient (Wildman–Crippen LogP) is 3.08. The van der Waals surface area contributed by atoms with Crippen molar-refractivity contribution in [3.63, 3.8) is 0 Å². The van der Waals surface area contributed by atoms with Gasteiger partial charge < -0.3 is 15.4 Å². The average molecular weight is 316 g/mol. The van der Waals surface area contributed by atoms with Crippen LogP contribution in [-0.4, -0.2) is 18.6 Å². The molecular formula is C18H24N2O3. The molecule has 0 saturated heterocycles. The molecule has 0 aliphatic carbocycles. The predicted molar refractivity (Wildman–Crippen MR) is 88.7 cm³/mol. The molecule has 0 spiro atoms. The number of allylic oxidation sites excluding steroid dienone is 1. The molecule has 5 nitrogen and oxygen atoms in total. The molecule has 0 aromatic heterocycles. The Balaban J connectivity index is 2.31. The minimum absolute atomic E-state index is 0.258. The van der Waals surface area contributed by atoms with Gasteiger partial charge in [0.05, 0.1) is 18.2 Å². The van der Waals surface area contributed by atoms with Crippen LogP contribution in [0.15, 0.2) is 35.5 Å². The van der Waals surface area contributed by atoms with Gasteiger partial charge in [-0.1, -0.05) is 45.0 Å². The van der Waals surface area contributed by atoms with E-state index in [9.17, 15) is 9.59 Å². The molecule has 0 radical (unpaired) electrons. The monoisotopic (exact) mass is 316 g/mol. The zero-order chi connectivity index (χ0) is 17.0. The van der Waals surface area contributed by atoms with Crippen molar-refractivity contribution in [2.75, 3.05) is 6.61 Å². The van der Waals surface area contributed by atoms with Gasteiger partial charge in [-0.25, -0.2) is 9.59 Å². The van der Waals surface area contributed by atoms with E-state index in [0.717, 1.165) is 12.0 Å². The van der Waals surface area contributed by atoms with Crippen LogP contribution in [0.3, 0.4) is 0 Å². The number of rotatable bonds is 5. The van der Waals surface area contributed by atoms with Crippen molar-refractivity contribution in [2.24, 2.45) is 5.92 Å². The van der Waals surface area contributed by atoms with Crippen LogP contribution in [0.1, 0.15) is 44.9 Å². The summed E-state index contributed by atoms with van der Waals surface area (Å²) >= 11 is 0. The summed E-state index contributed by atoms with van der Waals surface area (Å²) in [6, 6.07) is 7.10. The third-order valence-corrected chi connectivity index (χ3v) is 3.76. The molecule has 0 saturated carbocycles. The number of benzene rings is 1. The van der Waals surface area contributed by atoms with Gasteiger partial charge in [0.1, 0.15) is 0 Å². The van der Waals surface area contributed by atoms with Crippen molar-refractivity contribution >= 4 is 12.0 Å². The van der Waals surface area contributed by atoms with E-state index in [1.54, 1.807) is 6.92 Å². The van der Waals surface area contributed by atoms with Crippen LogP contribution in [0.2, 0.25) is 0 Å². The van der Waals surface area contributed by atoms with E-state index in [0.29, 0.717) is 17.9 Å². The Kier molecular flexibility index (Phi) is 5.42. The molecular weight excluding hydrogens is 292 g/mol. The summed E-state index contributed by atoms with van der Waals surface area (Å²) in [6.07, 6.45) is 0.941. The van der Waals surface area contributed by atoms with Gasteiger partial charge in [0.15, 0.2) is 0 Å². The first-order valence-electron chi connectivity index (χ1n) is 7.96. The fourth-order valence-electron chi connectivity index (χ4n) is 2.48. The number of nitrogens with one attached hydrogen (secondary N) is 2. The molecule has 1 aromatic carbocycles. The van der Waals surface area contributed by atoms with E-state index in [4.69, 9.17) is 4.74 Å². The van der Waals surface area contributed by atoms with E-state index in [1.807, 2.05) is 38.1 Å². The summed E-state index contributed by atoms with van der Waals surface area (Å²) in [5.74, 6) is -0.137. The highest BCUT2D eigenvalue weighted by Crippen LogP contribution is 2.28. The normalized spacial score (nSPS) is 17.8. The Hall–Kier alpha value is -2.30. The van der Waals surface area contributed by atoms with Gasteiger partial charge in [0.2, 0.25) is 0 Å². The van der Waals surface area contributed by atoms with Crippen molar-refractivity contribution in [3.05, 3.63) is 46.7 Å². The lowest BCUT2D eigenvalue weighted by Gasteiger charge is -2.28. The summed E-state index contributed by atoms with van der Waals surface area (Å²) in [5, 5.41) is 5.46. The van der Waals surface area contributed by atoms with Gasteiger partial charge in [-0.2, -0.15) is 0 Å². The van der Waals surface area contributed by atoms with E-state index >= 15 is 0 Å². The van der Waals surface area contributed by atoms with Crippen LogP contribution < -0.4 is 10.6 Å².